The summed E-state index contributed by atoms with van der Waals surface area (Å²) in [5, 5.41) is 7.20. The van der Waals surface area contributed by atoms with Crippen LogP contribution in [0.2, 0.25) is 0 Å². The van der Waals surface area contributed by atoms with E-state index in [2.05, 4.69) is 43.5 Å². The Morgan fingerprint density at radius 1 is 1.29 bits per heavy atom. The Morgan fingerprint density at radius 2 is 2.00 bits per heavy atom. The molecule has 1 aromatic carbocycles. The number of quaternary nitrogens is 1. The first kappa shape index (κ1) is 19.0. The van der Waals surface area contributed by atoms with Gasteiger partial charge in [0.2, 0.25) is 0 Å². The molecule has 0 spiro atoms. The van der Waals surface area contributed by atoms with E-state index in [0.717, 1.165) is 50.8 Å². The molecule has 3 N–H and O–H groups in total. The number of rotatable bonds is 5. The molecule has 0 aromatic heterocycles. The molecule has 134 valence electrons. The van der Waals surface area contributed by atoms with Crippen molar-refractivity contribution in [2.75, 3.05) is 51.8 Å². The van der Waals surface area contributed by atoms with E-state index in [0.29, 0.717) is 5.11 Å². The Morgan fingerprint density at radius 3 is 2.62 bits per heavy atom. The van der Waals surface area contributed by atoms with Gasteiger partial charge in [-0.2, -0.15) is 0 Å². The molecule has 2 rings (SSSR count). The standard InChI is InChI=1S/C18H29N3O2S/c1-18(2,3)14-5-6-16(22-4)15(13-14)20-17(24)19-7-8-21-9-11-23-12-10-21/h5-6,13H,7-12H2,1-4H3,(H2,19,20,24)/p+1. The summed E-state index contributed by atoms with van der Waals surface area (Å²) in [4.78, 5) is 1.56. The molecule has 0 aliphatic carbocycles. The van der Waals surface area contributed by atoms with E-state index < -0.39 is 0 Å². The van der Waals surface area contributed by atoms with Crippen LogP contribution in [0, 0.1) is 0 Å². The van der Waals surface area contributed by atoms with E-state index in [4.69, 9.17) is 21.7 Å². The summed E-state index contributed by atoms with van der Waals surface area (Å²) in [5.74, 6) is 0.797. The molecule has 0 bridgehead atoms. The third-order valence-corrected chi connectivity index (χ3v) is 4.52. The van der Waals surface area contributed by atoms with Crippen molar-refractivity contribution in [1.82, 2.24) is 5.32 Å². The molecule has 6 heteroatoms. The second kappa shape index (κ2) is 8.65. The van der Waals surface area contributed by atoms with Crippen LogP contribution in [-0.4, -0.2) is 51.6 Å². The van der Waals surface area contributed by atoms with Crippen molar-refractivity contribution < 1.29 is 14.4 Å². The van der Waals surface area contributed by atoms with Crippen LogP contribution in [0.5, 0.6) is 5.75 Å². The van der Waals surface area contributed by atoms with E-state index in [-0.39, 0.29) is 5.41 Å². The molecule has 0 unspecified atom stereocenters. The largest absolute Gasteiger partial charge is 0.495 e. The maximum Gasteiger partial charge on any atom is 0.171 e. The summed E-state index contributed by atoms with van der Waals surface area (Å²) in [7, 11) is 1.68. The first-order chi connectivity index (χ1) is 11.4. The van der Waals surface area contributed by atoms with Gasteiger partial charge in [-0.15, -0.1) is 0 Å². The van der Waals surface area contributed by atoms with Crippen molar-refractivity contribution in [3.63, 3.8) is 0 Å². The second-order valence-corrected chi connectivity index (χ2v) is 7.57. The van der Waals surface area contributed by atoms with Gasteiger partial charge < -0.3 is 25.0 Å². The van der Waals surface area contributed by atoms with Crippen LogP contribution < -0.4 is 20.3 Å². The van der Waals surface area contributed by atoms with Crippen molar-refractivity contribution in [3.05, 3.63) is 23.8 Å². The van der Waals surface area contributed by atoms with Crippen LogP contribution in [0.4, 0.5) is 5.69 Å². The van der Waals surface area contributed by atoms with Crippen molar-refractivity contribution in [2.45, 2.75) is 26.2 Å². The Labute approximate surface area is 150 Å². The molecule has 0 amide bonds. The van der Waals surface area contributed by atoms with Gasteiger partial charge in [0.15, 0.2) is 5.11 Å². The Hall–Kier alpha value is -1.37. The van der Waals surface area contributed by atoms with E-state index in [9.17, 15) is 0 Å². The van der Waals surface area contributed by atoms with Crippen LogP contribution in [0.15, 0.2) is 18.2 Å². The Balaban J connectivity index is 1.90. The maximum atomic E-state index is 5.45. The summed E-state index contributed by atoms with van der Waals surface area (Å²) in [6.07, 6.45) is 0. The lowest BCUT2D eigenvalue weighted by atomic mass is 9.87. The molecule has 1 heterocycles. The number of methoxy groups -OCH3 is 1. The molecule has 1 aliphatic heterocycles. The number of anilines is 1. The highest BCUT2D eigenvalue weighted by Gasteiger charge is 2.17. The first-order valence-electron chi connectivity index (χ1n) is 8.55. The molecule has 5 nitrogen and oxygen atoms in total. The number of benzene rings is 1. The molecule has 1 fully saturated rings. The number of morpholine rings is 1. The van der Waals surface area contributed by atoms with Gasteiger partial charge in [0.25, 0.3) is 0 Å². The Bertz CT molecular complexity index is 552. The van der Waals surface area contributed by atoms with E-state index >= 15 is 0 Å². The van der Waals surface area contributed by atoms with Gasteiger partial charge in [0.1, 0.15) is 18.8 Å². The third kappa shape index (κ3) is 5.61. The topological polar surface area (TPSA) is 47.0 Å². The molecule has 0 atom stereocenters. The SMILES string of the molecule is COc1ccc(C(C)(C)C)cc1NC(=S)NCC[NH+]1CCOCC1. The van der Waals surface area contributed by atoms with E-state index in [1.54, 1.807) is 12.0 Å². The lowest BCUT2D eigenvalue weighted by Gasteiger charge is -2.24. The number of hydrogen-bond acceptors (Lipinski definition) is 3. The summed E-state index contributed by atoms with van der Waals surface area (Å²) >= 11 is 5.44. The summed E-state index contributed by atoms with van der Waals surface area (Å²) in [5.41, 5.74) is 2.23. The highest BCUT2D eigenvalue weighted by molar-refractivity contribution is 7.80. The predicted octanol–water partition coefficient (Wildman–Crippen LogP) is 1.19. The molecule has 0 saturated carbocycles. The van der Waals surface area contributed by atoms with Gasteiger partial charge in [-0.1, -0.05) is 26.8 Å². The zero-order chi connectivity index (χ0) is 17.6. The fourth-order valence-electron chi connectivity index (χ4n) is 2.70. The molecular formula is C18H30N3O2S+. The monoisotopic (exact) mass is 352 g/mol. The third-order valence-electron chi connectivity index (χ3n) is 4.28. The van der Waals surface area contributed by atoms with Gasteiger partial charge in [-0.3, -0.25) is 0 Å². The summed E-state index contributed by atoms with van der Waals surface area (Å²) in [6.45, 7) is 12.3. The quantitative estimate of drug-likeness (QED) is 0.695. The average molecular weight is 353 g/mol. The van der Waals surface area contributed by atoms with Crippen LogP contribution in [0.3, 0.4) is 0 Å². The fourth-order valence-corrected chi connectivity index (χ4v) is 2.91. The van der Waals surface area contributed by atoms with Crippen molar-refractivity contribution in [2.24, 2.45) is 0 Å². The van der Waals surface area contributed by atoms with Crippen molar-refractivity contribution >= 4 is 23.0 Å². The van der Waals surface area contributed by atoms with Gasteiger partial charge in [-0.05, 0) is 35.3 Å². The smallest absolute Gasteiger partial charge is 0.171 e. The zero-order valence-corrected chi connectivity index (χ0v) is 16.0. The number of thiocarbonyl (C=S) groups is 1. The molecule has 1 aromatic rings. The van der Waals surface area contributed by atoms with Gasteiger partial charge >= 0.3 is 0 Å². The normalized spacial score (nSPS) is 15.8. The van der Waals surface area contributed by atoms with Gasteiger partial charge in [0.05, 0.1) is 39.1 Å². The first-order valence-corrected chi connectivity index (χ1v) is 8.95. The van der Waals surface area contributed by atoms with Crippen LogP contribution in [0.25, 0.3) is 0 Å². The van der Waals surface area contributed by atoms with E-state index in [1.807, 2.05) is 6.07 Å². The summed E-state index contributed by atoms with van der Waals surface area (Å²) < 4.78 is 10.8. The highest BCUT2D eigenvalue weighted by Crippen LogP contribution is 2.31. The molecule has 1 aliphatic rings. The minimum Gasteiger partial charge on any atom is -0.495 e. The van der Waals surface area contributed by atoms with Crippen LogP contribution in [0.1, 0.15) is 26.3 Å². The fraction of sp³-hybridized carbons (Fsp3) is 0.611. The summed E-state index contributed by atoms with van der Waals surface area (Å²) in [6, 6.07) is 6.20. The molecular weight excluding hydrogens is 322 g/mol. The molecule has 1 saturated heterocycles. The number of ether oxygens (including phenoxy) is 2. The highest BCUT2D eigenvalue weighted by atomic mass is 32.1. The number of nitrogens with one attached hydrogen (secondary N) is 3. The lowest BCUT2D eigenvalue weighted by molar-refractivity contribution is -0.906. The van der Waals surface area contributed by atoms with Crippen LogP contribution in [-0.2, 0) is 10.2 Å². The van der Waals surface area contributed by atoms with E-state index in [1.165, 1.54) is 5.56 Å². The minimum atomic E-state index is 0.0808. The van der Waals surface area contributed by atoms with Crippen molar-refractivity contribution in [3.8, 4) is 5.75 Å². The second-order valence-electron chi connectivity index (χ2n) is 7.16. The average Bonchev–Trinajstić information content (AvgIpc) is 2.55. The molecule has 24 heavy (non-hydrogen) atoms. The molecule has 0 radical (unpaired) electrons. The lowest BCUT2D eigenvalue weighted by Crippen LogP contribution is -3.14. The van der Waals surface area contributed by atoms with Crippen LogP contribution >= 0.6 is 12.2 Å². The van der Waals surface area contributed by atoms with Gasteiger partial charge in [0, 0.05) is 0 Å². The minimum absolute atomic E-state index is 0.0808. The van der Waals surface area contributed by atoms with Crippen molar-refractivity contribution in [1.29, 1.82) is 0 Å². The Kier molecular flexibility index (Phi) is 6.83. The maximum absolute atomic E-state index is 5.45. The zero-order valence-electron chi connectivity index (χ0n) is 15.2. The predicted molar refractivity (Wildman–Crippen MR) is 102 cm³/mol. The number of hydrogen-bond donors (Lipinski definition) is 3. The van der Waals surface area contributed by atoms with Gasteiger partial charge in [-0.25, -0.2) is 0 Å².